The van der Waals surface area contributed by atoms with Gasteiger partial charge >= 0.3 is 0 Å². The molecule has 0 fully saturated rings. The van der Waals surface area contributed by atoms with E-state index in [1.54, 1.807) is 0 Å². The number of nitrogens with zero attached hydrogens (tertiary/aromatic N) is 1. The lowest BCUT2D eigenvalue weighted by molar-refractivity contribution is 0.470. The summed E-state index contributed by atoms with van der Waals surface area (Å²) in [5.41, 5.74) is 8.51. The second kappa shape index (κ2) is 7.59. The van der Waals surface area contributed by atoms with Gasteiger partial charge in [-0.15, -0.1) is 0 Å². The Morgan fingerprint density at radius 2 is 1.07 bits per heavy atom. The van der Waals surface area contributed by atoms with E-state index >= 15 is 0 Å². The Labute approximate surface area is 167 Å². The summed E-state index contributed by atoms with van der Waals surface area (Å²) in [6, 6.07) is 16.4. The Morgan fingerprint density at radius 1 is 0.643 bits per heavy atom. The van der Waals surface area contributed by atoms with Crippen molar-refractivity contribution in [1.82, 2.24) is 0 Å². The number of phenolic OH excluding ortho intramolecular Hbond substituents is 2. The van der Waals surface area contributed by atoms with Crippen molar-refractivity contribution in [2.45, 2.75) is 33.6 Å². The molecule has 3 nitrogen and oxygen atoms in total. The predicted molar refractivity (Wildman–Crippen MR) is 117 cm³/mol. The number of phenols is 2. The van der Waals surface area contributed by atoms with Gasteiger partial charge in [0.1, 0.15) is 11.5 Å². The first-order chi connectivity index (χ1) is 13.2. The molecule has 0 heterocycles. The fraction of sp³-hybridized carbons (Fsp3) is 0.280. The quantitative estimate of drug-likeness (QED) is 0.585. The monoisotopic (exact) mass is 375 g/mol. The number of hydrogen-bond donors (Lipinski definition) is 2. The highest BCUT2D eigenvalue weighted by Crippen LogP contribution is 2.39. The molecule has 3 heteroatoms. The Balaban J connectivity index is 2.26. The first-order valence-electron chi connectivity index (χ1n) is 9.56. The molecular weight excluding hydrogens is 346 g/mol. The molecule has 0 unspecified atom stereocenters. The number of aromatic hydroxyl groups is 2. The molecule has 2 N–H and O–H groups in total. The highest BCUT2D eigenvalue weighted by molar-refractivity contribution is 5.56. The van der Waals surface area contributed by atoms with Crippen LogP contribution in [0.4, 0.5) is 5.69 Å². The zero-order valence-electron chi connectivity index (χ0n) is 17.5. The SMILES string of the molecule is Cc1cc(C(c2ccc(N(C)C)cc2)c2cc(C)c(O)cc2C)c(C)cc1O. The van der Waals surface area contributed by atoms with E-state index in [1.807, 2.05) is 53.9 Å². The van der Waals surface area contributed by atoms with E-state index in [1.165, 1.54) is 16.7 Å². The van der Waals surface area contributed by atoms with E-state index in [0.717, 1.165) is 27.9 Å². The molecule has 0 aliphatic heterocycles. The fourth-order valence-electron chi connectivity index (χ4n) is 3.76. The molecule has 0 saturated heterocycles. The standard InChI is InChI=1S/C25H29NO2/c1-15-13-23(27)17(3)11-21(15)25(19-7-9-20(10-8-19)26(5)6)22-12-18(4)24(28)14-16(22)2/h7-14,25,27-28H,1-6H3. The molecular formula is C25H29NO2. The minimum absolute atomic E-state index is 0.0230. The molecule has 0 spiro atoms. The van der Waals surface area contributed by atoms with Gasteiger partial charge in [-0.3, -0.25) is 0 Å². The van der Waals surface area contributed by atoms with Gasteiger partial charge in [0, 0.05) is 25.7 Å². The number of rotatable bonds is 4. The summed E-state index contributed by atoms with van der Waals surface area (Å²) in [5.74, 6) is 0.665. The first kappa shape index (κ1) is 19.8. The summed E-state index contributed by atoms with van der Waals surface area (Å²) in [5, 5.41) is 20.3. The van der Waals surface area contributed by atoms with Crippen molar-refractivity contribution in [2.75, 3.05) is 19.0 Å². The average Bonchev–Trinajstić information content (AvgIpc) is 2.64. The van der Waals surface area contributed by atoms with Crippen LogP contribution < -0.4 is 4.90 Å². The summed E-state index contributed by atoms with van der Waals surface area (Å²) >= 11 is 0. The third-order valence-corrected chi connectivity index (χ3v) is 5.53. The summed E-state index contributed by atoms with van der Waals surface area (Å²) in [7, 11) is 4.07. The second-order valence-corrected chi connectivity index (χ2v) is 7.91. The molecule has 3 rings (SSSR count). The Kier molecular flexibility index (Phi) is 5.37. The third-order valence-electron chi connectivity index (χ3n) is 5.53. The largest absolute Gasteiger partial charge is 0.508 e. The molecule has 0 aliphatic rings. The van der Waals surface area contributed by atoms with Crippen molar-refractivity contribution in [2.24, 2.45) is 0 Å². The van der Waals surface area contributed by atoms with Crippen LogP contribution in [0.2, 0.25) is 0 Å². The predicted octanol–water partition coefficient (Wildman–Crippen LogP) is 5.58. The molecule has 0 radical (unpaired) electrons. The summed E-state index contributed by atoms with van der Waals surface area (Å²) in [4.78, 5) is 2.09. The zero-order valence-corrected chi connectivity index (χ0v) is 17.5. The molecule has 0 amide bonds. The van der Waals surface area contributed by atoms with E-state index in [2.05, 4.69) is 41.3 Å². The normalized spacial score (nSPS) is 11.1. The van der Waals surface area contributed by atoms with Gasteiger partial charge in [-0.25, -0.2) is 0 Å². The number of aryl methyl sites for hydroxylation is 4. The van der Waals surface area contributed by atoms with Gasteiger partial charge in [0.15, 0.2) is 0 Å². The van der Waals surface area contributed by atoms with Gasteiger partial charge in [-0.2, -0.15) is 0 Å². The first-order valence-corrected chi connectivity index (χ1v) is 9.56. The van der Waals surface area contributed by atoms with Crippen LogP contribution in [0.1, 0.15) is 44.9 Å². The number of anilines is 1. The molecule has 0 saturated carbocycles. The summed E-state index contributed by atoms with van der Waals surface area (Å²) < 4.78 is 0. The third kappa shape index (κ3) is 3.70. The maximum Gasteiger partial charge on any atom is 0.118 e. The Bertz CT molecular complexity index is 947. The Morgan fingerprint density at radius 3 is 1.46 bits per heavy atom. The lowest BCUT2D eigenvalue weighted by atomic mass is 9.80. The molecule has 0 aromatic heterocycles. The lowest BCUT2D eigenvalue weighted by Gasteiger charge is -2.25. The maximum atomic E-state index is 10.1. The van der Waals surface area contributed by atoms with Gasteiger partial charge in [-0.1, -0.05) is 24.3 Å². The van der Waals surface area contributed by atoms with Gasteiger partial charge in [0.05, 0.1) is 0 Å². The van der Waals surface area contributed by atoms with Gasteiger partial charge in [0.2, 0.25) is 0 Å². The lowest BCUT2D eigenvalue weighted by Crippen LogP contribution is -2.10. The zero-order chi connectivity index (χ0) is 20.6. The van der Waals surface area contributed by atoms with Crippen LogP contribution in [0.5, 0.6) is 11.5 Å². The van der Waals surface area contributed by atoms with Crippen molar-refractivity contribution < 1.29 is 10.2 Å². The average molecular weight is 376 g/mol. The van der Waals surface area contributed by atoms with Gasteiger partial charge < -0.3 is 15.1 Å². The fourth-order valence-corrected chi connectivity index (χ4v) is 3.76. The van der Waals surface area contributed by atoms with E-state index in [-0.39, 0.29) is 5.92 Å². The van der Waals surface area contributed by atoms with Crippen molar-refractivity contribution >= 4 is 5.69 Å². The van der Waals surface area contributed by atoms with Crippen molar-refractivity contribution in [3.8, 4) is 11.5 Å². The van der Waals surface area contributed by atoms with Gasteiger partial charge in [-0.05, 0) is 90.9 Å². The van der Waals surface area contributed by atoms with Crippen LogP contribution in [-0.2, 0) is 0 Å². The second-order valence-electron chi connectivity index (χ2n) is 7.91. The van der Waals surface area contributed by atoms with E-state index in [4.69, 9.17) is 0 Å². The van der Waals surface area contributed by atoms with Crippen molar-refractivity contribution in [3.63, 3.8) is 0 Å². The van der Waals surface area contributed by atoms with Crippen LogP contribution in [0, 0.1) is 27.7 Å². The molecule has 0 aliphatic carbocycles. The van der Waals surface area contributed by atoms with E-state index in [0.29, 0.717) is 11.5 Å². The van der Waals surface area contributed by atoms with Gasteiger partial charge in [0.25, 0.3) is 0 Å². The maximum absolute atomic E-state index is 10.1. The van der Waals surface area contributed by atoms with Crippen molar-refractivity contribution in [3.05, 3.63) is 87.5 Å². The smallest absolute Gasteiger partial charge is 0.118 e. The van der Waals surface area contributed by atoms with Crippen LogP contribution >= 0.6 is 0 Å². The number of hydrogen-bond acceptors (Lipinski definition) is 3. The van der Waals surface area contributed by atoms with Crippen LogP contribution in [0.25, 0.3) is 0 Å². The molecule has 3 aromatic rings. The number of benzene rings is 3. The molecule has 3 aromatic carbocycles. The molecule has 0 atom stereocenters. The van der Waals surface area contributed by atoms with Crippen LogP contribution in [0.3, 0.4) is 0 Å². The minimum atomic E-state index is 0.0230. The molecule has 28 heavy (non-hydrogen) atoms. The summed E-state index contributed by atoms with van der Waals surface area (Å²) in [6.45, 7) is 7.94. The molecule has 146 valence electrons. The minimum Gasteiger partial charge on any atom is -0.508 e. The Hall–Kier alpha value is -2.94. The topological polar surface area (TPSA) is 43.7 Å². The summed E-state index contributed by atoms with van der Waals surface area (Å²) in [6.07, 6.45) is 0. The highest BCUT2D eigenvalue weighted by Gasteiger charge is 2.22. The van der Waals surface area contributed by atoms with Crippen molar-refractivity contribution in [1.29, 1.82) is 0 Å². The van der Waals surface area contributed by atoms with Crippen LogP contribution in [-0.4, -0.2) is 24.3 Å². The molecule has 0 bridgehead atoms. The highest BCUT2D eigenvalue weighted by atomic mass is 16.3. The van der Waals surface area contributed by atoms with Crippen LogP contribution in [0.15, 0.2) is 48.5 Å². The van der Waals surface area contributed by atoms with E-state index < -0.39 is 0 Å². The van der Waals surface area contributed by atoms with E-state index in [9.17, 15) is 10.2 Å².